The van der Waals surface area contributed by atoms with E-state index in [0.717, 1.165) is 78.7 Å². The van der Waals surface area contributed by atoms with E-state index in [4.69, 9.17) is 9.72 Å². The van der Waals surface area contributed by atoms with Gasteiger partial charge in [0.15, 0.2) is 0 Å². The molecule has 0 saturated heterocycles. The summed E-state index contributed by atoms with van der Waals surface area (Å²) in [6.45, 7) is 18.3. The third-order valence-corrected chi connectivity index (χ3v) is 12.5. The van der Waals surface area contributed by atoms with Crippen LogP contribution in [0.15, 0.2) is 164 Å². The molecule has 0 amide bonds. The highest BCUT2D eigenvalue weighted by Crippen LogP contribution is 2.51. The Morgan fingerprint density at radius 3 is 1.97 bits per heavy atom. The van der Waals surface area contributed by atoms with Gasteiger partial charge >= 0.3 is 0 Å². The molecule has 2 aromatic heterocycles. The highest BCUT2D eigenvalue weighted by molar-refractivity contribution is 6.09. The monoisotopic (exact) mass is 840 g/mol. The van der Waals surface area contributed by atoms with Crippen LogP contribution in [0.3, 0.4) is 0 Å². The lowest BCUT2D eigenvalue weighted by Crippen LogP contribution is -2.27. The van der Waals surface area contributed by atoms with E-state index < -0.39 is 0 Å². The number of nitrogens with zero attached hydrogens (tertiary/aromatic N) is 4. The number of pyridine rings is 1. The molecule has 318 valence electrons. The van der Waals surface area contributed by atoms with Gasteiger partial charge in [-0.25, -0.2) is 9.37 Å². The topological polar surface area (TPSA) is 33.5 Å². The number of rotatable bonds is 7. The van der Waals surface area contributed by atoms with Crippen LogP contribution in [0.25, 0.3) is 49.9 Å². The van der Waals surface area contributed by atoms with Gasteiger partial charge in [-0.05, 0) is 119 Å². The summed E-state index contributed by atoms with van der Waals surface area (Å²) in [5.74, 6) is 2.10. The van der Waals surface area contributed by atoms with E-state index in [9.17, 15) is 4.39 Å². The Bertz CT molecular complexity index is 3220. The predicted molar refractivity (Wildman–Crippen MR) is 265 cm³/mol. The van der Waals surface area contributed by atoms with Gasteiger partial charge in [-0.15, -0.1) is 0 Å². The molecule has 0 radical (unpaired) electrons. The van der Waals surface area contributed by atoms with Crippen LogP contribution in [0.5, 0.6) is 11.5 Å². The summed E-state index contributed by atoms with van der Waals surface area (Å²) in [4.78, 5) is 9.72. The number of anilines is 4. The van der Waals surface area contributed by atoms with Crippen molar-refractivity contribution < 1.29 is 9.13 Å². The van der Waals surface area contributed by atoms with Crippen molar-refractivity contribution in [3.05, 3.63) is 192 Å². The predicted octanol–water partition coefficient (Wildman–Crippen LogP) is 15.9. The highest BCUT2D eigenvalue weighted by atomic mass is 19.1. The number of benzene rings is 7. The van der Waals surface area contributed by atoms with Crippen LogP contribution in [0, 0.1) is 19.7 Å². The van der Waals surface area contributed by atoms with Crippen LogP contribution in [-0.4, -0.2) is 16.2 Å². The standard InChI is InChI=1S/C58H53FN4O/c1-37-28-38(2)30-40(29-37)41-31-44(61-36-62(53-19-12-11-18-52(53)61)56-47(39-20-22-43(59)23-21-39)15-13-16-50(56)58(6,7)8)34-46(32-41)64-45-24-25-49-48-14-9-10-17-51(48)63(54(49)35-45)55-33-42(26-27-60-55)57(3,4)5/h9-35H,36H2,1-8H3. The molecule has 64 heavy (non-hydrogen) atoms. The maximum atomic E-state index is 14.3. The summed E-state index contributed by atoms with van der Waals surface area (Å²) in [7, 11) is 0. The number of hydrogen-bond donors (Lipinski definition) is 0. The summed E-state index contributed by atoms with van der Waals surface area (Å²) in [6.07, 6.45) is 1.92. The SMILES string of the molecule is Cc1cc(C)cc(-c2cc(Oc3ccc4c5ccccc5n(-c5cc(C(C)(C)C)ccn5)c4c3)cc(N3CN(c4c(-c5ccc(F)cc5)cccc4C(C)(C)C)c4ccccc43)c2)c1. The van der Waals surface area contributed by atoms with Crippen molar-refractivity contribution >= 4 is 44.6 Å². The molecule has 5 nitrogen and oxygen atoms in total. The number of aryl methyl sites for hydroxylation is 2. The van der Waals surface area contributed by atoms with E-state index in [0.29, 0.717) is 6.67 Å². The van der Waals surface area contributed by atoms with Crippen LogP contribution in [0.1, 0.15) is 63.8 Å². The molecule has 0 N–H and O–H groups in total. The van der Waals surface area contributed by atoms with E-state index in [2.05, 4.69) is 203 Å². The van der Waals surface area contributed by atoms with Gasteiger partial charge in [0.25, 0.3) is 0 Å². The van der Waals surface area contributed by atoms with Gasteiger partial charge in [0.2, 0.25) is 0 Å². The van der Waals surface area contributed by atoms with Crippen LogP contribution in [0.2, 0.25) is 0 Å². The number of para-hydroxylation sites is 4. The molecule has 7 aromatic carbocycles. The van der Waals surface area contributed by atoms with Gasteiger partial charge in [0.05, 0.1) is 28.1 Å². The lowest BCUT2D eigenvalue weighted by atomic mass is 9.83. The number of halogens is 1. The molecule has 1 aliphatic heterocycles. The number of hydrogen-bond acceptors (Lipinski definition) is 4. The van der Waals surface area contributed by atoms with Crippen molar-refractivity contribution in [2.45, 2.75) is 66.2 Å². The molecule has 9 aromatic rings. The van der Waals surface area contributed by atoms with E-state index in [-0.39, 0.29) is 16.6 Å². The van der Waals surface area contributed by atoms with Gasteiger partial charge in [-0.1, -0.05) is 132 Å². The number of ether oxygens (including phenoxy) is 1. The molecule has 3 heterocycles. The Morgan fingerprint density at radius 1 is 0.547 bits per heavy atom. The van der Waals surface area contributed by atoms with Crippen molar-refractivity contribution in [1.82, 2.24) is 9.55 Å². The first kappa shape index (κ1) is 40.9. The van der Waals surface area contributed by atoms with Crippen molar-refractivity contribution in [2.75, 3.05) is 16.5 Å². The van der Waals surface area contributed by atoms with Crippen molar-refractivity contribution in [2.24, 2.45) is 0 Å². The second-order valence-electron chi connectivity index (χ2n) is 19.3. The van der Waals surface area contributed by atoms with Gasteiger partial charge in [-0.2, -0.15) is 0 Å². The zero-order chi connectivity index (χ0) is 44.5. The van der Waals surface area contributed by atoms with E-state index in [1.54, 1.807) is 12.1 Å². The van der Waals surface area contributed by atoms with Gasteiger partial charge < -0.3 is 14.5 Å². The normalized spacial score (nSPS) is 13.0. The minimum absolute atomic E-state index is 0.0307. The van der Waals surface area contributed by atoms with Crippen LogP contribution in [0.4, 0.5) is 27.1 Å². The molecule has 0 saturated carbocycles. The smallest absolute Gasteiger partial charge is 0.137 e. The second kappa shape index (κ2) is 15.6. The molecule has 0 unspecified atom stereocenters. The summed E-state index contributed by atoms with van der Waals surface area (Å²) < 4.78 is 23.6. The van der Waals surface area contributed by atoms with Gasteiger partial charge in [0.1, 0.15) is 29.8 Å². The Labute approximate surface area is 376 Å². The molecule has 0 fully saturated rings. The van der Waals surface area contributed by atoms with Crippen molar-refractivity contribution in [3.8, 4) is 39.6 Å². The number of aromatic nitrogens is 2. The molecular formula is C58H53FN4O. The van der Waals surface area contributed by atoms with Gasteiger partial charge in [-0.3, -0.25) is 4.57 Å². The molecule has 10 rings (SSSR count). The molecule has 0 bridgehead atoms. The van der Waals surface area contributed by atoms with Crippen molar-refractivity contribution in [3.63, 3.8) is 0 Å². The van der Waals surface area contributed by atoms with Crippen molar-refractivity contribution in [1.29, 1.82) is 0 Å². The molecule has 0 aliphatic carbocycles. The first-order valence-corrected chi connectivity index (χ1v) is 22.1. The molecule has 0 spiro atoms. The fourth-order valence-electron chi connectivity index (χ4n) is 9.44. The molecular weight excluding hydrogens is 788 g/mol. The zero-order valence-electron chi connectivity index (χ0n) is 37.9. The first-order valence-electron chi connectivity index (χ1n) is 22.1. The fourth-order valence-corrected chi connectivity index (χ4v) is 9.44. The molecule has 6 heteroatoms. The van der Waals surface area contributed by atoms with Crippen LogP contribution in [-0.2, 0) is 10.8 Å². The minimum Gasteiger partial charge on any atom is -0.457 e. The third-order valence-electron chi connectivity index (χ3n) is 12.5. The first-order chi connectivity index (χ1) is 30.7. The Hall–Kier alpha value is -7.18. The average Bonchev–Trinajstić information content (AvgIpc) is 3.81. The summed E-state index contributed by atoms with van der Waals surface area (Å²) >= 11 is 0. The van der Waals surface area contributed by atoms with E-state index in [1.807, 2.05) is 18.3 Å². The summed E-state index contributed by atoms with van der Waals surface area (Å²) in [5, 5.41) is 2.30. The quantitative estimate of drug-likeness (QED) is 0.160. The van der Waals surface area contributed by atoms with E-state index in [1.165, 1.54) is 27.6 Å². The Balaban J connectivity index is 1.12. The number of fused-ring (bicyclic) bond motifs is 4. The minimum atomic E-state index is -0.248. The largest absolute Gasteiger partial charge is 0.457 e. The maximum Gasteiger partial charge on any atom is 0.137 e. The fraction of sp³-hybridized carbons (Fsp3) is 0.190. The highest BCUT2D eigenvalue weighted by Gasteiger charge is 2.33. The molecule has 0 atom stereocenters. The second-order valence-corrected chi connectivity index (χ2v) is 19.3. The zero-order valence-corrected chi connectivity index (χ0v) is 37.9. The van der Waals surface area contributed by atoms with E-state index >= 15 is 0 Å². The Morgan fingerprint density at radius 2 is 1.23 bits per heavy atom. The summed E-state index contributed by atoms with van der Waals surface area (Å²) in [6, 6.07) is 54.6. The maximum absolute atomic E-state index is 14.3. The van der Waals surface area contributed by atoms with Crippen LogP contribution < -0.4 is 14.5 Å². The lowest BCUT2D eigenvalue weighted by molar-refractivity contribution is 0.483. The summed E-state index contributed by atoms with van der Waals surface area (Å²) in [5.41, 5.74) is 15.3. The lowest BCUT2D eigenvalue weighted by Gasteiger charge is -2.32. The van der Waals surface area contributed by atoms with Crippen LogP contribution >= 0.6 is 0 Å². The third kappa shape index (κ3) is 7.47. The average molecular weight is 841 g/mol. The molecule has 1 aliphatic rings. The Kier molecular flexibility index (Phi) is 9.94. The van der Waals surface area contributed by atoms with Gasteiger partial charge in [0, 0.05) is 40.4 Å².